The maximum absolute atomic E-state index is 10.2. The molecule has 1 atom stereocenters. The standard InChI is InChI=1S/C28H40O2Si2/c1-24(15-14-16-25(29)21-22-31(5,6)7)23-30-32(28(2,3)4,26-17-10-8-11-18-26)27-19-12-9-13-20-27/h8-13,15,17-20,25,29H,14,16,23H2,1-7H3/b24-15-. The van der Waals surface area contributed by atoms with Crippen LogP contribution in [0.15, 0.2) is 72.3 Å². The molecule has 4 heteroatoms. The van der Waals surface area contributed by atoms with E-state index in [0.29, 0.717) is 13.0 Å². The van der Waals surface area contributed by atoms with Gasteiger partial charge in [0.25, 0.3) is 8.32 Å². The van der Waals surface area contributed by atoms with E-state index >= 15 is 0 Å². The molecular formula is C28H40O2Si2. The van der Waals surface area contributed by atoms with Crippen molar-refractivity contribution in [1.82, 2.24) is 0 Å². The van der Waals surface area contributed by atoms with Gasteiger partial charge in [-0.1, -0.05) is 119 Å². The van der Waals surface area contributed by atoms with Crippen LogP contribution >= 0.6 is 0 Å². The van der Waals surface area contributed by atoms with E-state index in [1.165, 1.54) is 15.9 Å². The van der Waals surface area contributed by atoms with E-state index in [0.717, 1.165) is 6.42 Å². The molecule has 172 valence electrons. The van der Waals surface area contributed by atoms with Gasteiger partial charge >= 0.3 is 0 Å². The molecule has 1 unspecified atom stereocenters. The van der Waals surface area contributed by atoms with E-state index < -0.39 is 22.5 Å². The summed E-state index contributed by atoms with van der Waals surface area (Å²) in [6.45, 7) is 16.2. The van der Waals surface area contributed by atoms with Crippen LogP contribution in [-0.4, -0.2) is 34.2 Å². The van der Waals surface area contributed by atoms with E-state index in [-0.39, 0.29) is 5.04 Å². The fourth-order valence-corrected chi connectivity index (χ4v) is 9.10. The van der Waals surface area contributed by atoms with Gasteiger partial charge in [0, 0.05) is 0 Å². The summed E-state index contributed by atoms with van der Waals surface area (Å²) >= 11 is 0. The van der Waals surface area contributed by atoms with E-state index in [9.17, 15) is 5.11 Å². The molecule has 2 nitrogen and oxygen atoms in total. The van der Waals surface area contributed by atoms with Gasteiger partial charge in [-0.3, -0.25) is 0 Å². The Kier molecular flexibility index (Phi) is 9.30. The molecule has 2 aromatic rings. The van der Waals surface area contributed by atoms with Gasteiger partial charge in [-0.25, -0.2) is 0 Å². The van der Waals surface area contributed by atoms with Crippen LogP contribution in [0.5, 0.6) is 0 Å². The SMILES string of the molecule is C/C(=C/CCC(O)C#C[Si](C)(C)C)CO[Si](c1ccccc1)(c1ccccc1)C(C)(C)C. The highest BCUT2D eigenvalue weighted by atomic mass is 28.4. The van der Waals surface area contributed by atoms with Crippen LogP contribution in [0, 0.1) is 11.5 Å². The number of rotatable bonds is 8. The van der Waals surface area contributed by atoms with Gasteiger partial charge in [0.15, 0.2) is 0 Å². The van der Waals surface area contributed by atoms with Gasteiger partial charge in [-0.15, -0.1) is 5.54 Å². The molecule has 0 spiro atoms. The number of aliphatic hydroxyl groups excluding tert-OH is 1. The van der Waals surface area contributed by atoms with E-state index in [1.807, 2.05) is 0 Å². The molecule has 0 aliphatic rings. The quantitative estimate of drug-likeness (QED) is 0.316. The molecule has 0 saturated carbocycles. The van der Waals surface area contributed by atoms with Crippen molar-refractivity contribution in [2.45, 2.75) is 71.3 Å². The van der Waals surface area contributed by atoms with Crippen molar-refractivity contribution in [2.75, 3.05) is 6.61 Å². The fraction of sp³-hybridized carbons (Fsp3) is 0.429. The third kappa shape index (κ3) is 7.32. The Morgan fingerprint density at radius 2 is 1.47 bits per heavy atom. The highest BCUT2D eigenvalue weighted by Gasteiger charge is 2.50. The molecule has 1 N–H and O–H groups in total. The monoisotopic (exact) mass is 464 g/mol. The Morgan fingerprint density at radius 1 is 0.969 bits per heavy atom. The topological polar surface area (TPSA) is 29.5 Å². The average molecular weight is 465 g/mol. The van der Waals surface area contributed by atoms with Crippen LogP contribution in [0.2, 0.25) is 24.7 Å². The summed E-state index contributed by atoms with van der Waals surface area (Å²) in [5.74, 6) is 3.03. The summed E-state index contributed by atoms with van der Waals surface area (Å²) in [4.78, 5) is 0. The highest BCUT2D eigenvalue weighted by Crippen LogP contribution is 2.37. The molecule has 0 saturated heterocycles. The number of aliphatic hydroxyl groups is 1. The minimum atomic E-state index is -2.51. The average Bonchev–Trinajstić information content (AvgIpc) is 2.73. The molecule has 0 heterocycles. The zero-order valence-electron chi connectivity index (χ0n) is 20.9. The van der Waals surface area contributed by atoms with Crippen LogP contribution in [0.1, 0.15) is 40.5 Å². The first-order valence-corrected chi connectivity index (χ1v) is 17.0. The smallest absolute Gasteiger partial charge is 0.261 e. The van der Waals surface area contributed by atoms with E-state index in [4.69, 9.17) is 4.43 Å². The lowest BCUT2D eigenvalue weighted by molar-refractivity contribution is 0.223. The lowest BCUT2D eigenvalue weighted by Gasteiger charge is -2.43. The van der Waals surface area contributed by atoms with Crippen molar-refractivity contribution in [1.29, 1.82) is 0 Å². The molecule has 0 aliphatic carbocycles. The first-order valence-electron chi connectivity index (χ1n) is 11.6. The highest BCUT2D eigenvalue weighted by molar-refractivity contribution is 6.99. The Balaban J connectivity index is 2.22. The third-order valence-corrected chi connectivity index (χ3v) is 11.4. The molecule has 0 aliphatic heterocycles. The van der Waals surface area contributed by atoms with Gasteiger partial charge in [0.2, 0.25) is 0 Å². The minimum Gasteiger partial charge on any atom is -0.403 e. The molecule has 0 aromatic heterocycles. The first kappa shape index (κ1) is 26.3. The van der Waals surface area contributed by atoms with Crippen molar-refractivity contribution in [3.8, 4) is 11.5 Å². The minimum absolute atomic E-state index is 0.0292. The molecule has 2 rings (SSSR count). The van der Waals surface area contributed by atoms with Crippen molar-refractivity contribution >= 4 is 26.8 Å². The molecule has 2 aromatic carbocycles. The van der Waals surface area contributed by atoms with E-state index in [1.54, 1.807) is 0 Å². The van der Waals surface area contributed by atoms with Crippen LogP contribution < -0.4 is 10.4 Å². The van der Waals surface area contributed by atoms with Gasteiger partial charge in [0.05, 0.1) is 6.61 Å². The van der Waals surface area contributed by atoms with Crippen LogP contribution in [-0.2, 0) is 4.43 Å². The maximum Gasteiger partial charge on any atom is 0.261 e. The number of benzene rings is 2. The lowest BCUT2D eigenvalue weighted by atomic mass is 10.1. The number of hydrogen-bond donors (Lipinski definition) is 1. The van der Waals surface area contributed by atoms with Crippen LogP contribution in [0.25, 0.3) is 0 Å². The zero-order chi connectivity index (χ0) is 23.8. The summed E-state index contributed by atoms with van der Waals surface area (Å²) < 4.78 is 6.96. The second-order valence-corrected chi connectivity index (χ2v) is 19.7. The van der Waals surface area contributed by atoms with Crippen molar-refractivity contribution in [3.63, 3.8) is 0 Å². The summed E-state index contributed by atoms with van der Waals surface area (Å²) in [7, 11) is -3.96. The summed E-state index contributed by atoms with van der Waals surface area (Å²) in [6, 6.07) is 21.5. The van der Waals surface area contributed by atoms with Crippen LogP contribution in [0.4, 0.5) is 0 Å². The summed E-state index contributed by atoms with van der Waals surface area (Å²) in [5, 5.41) is 12.7. The number of allylic oxidation sites excluding steroid dienone is 1. The third-order valence-electron chi connectivity index (χ3n) is 5.48. The van der Waals surface area contributed by atoms with Gasteiger partial charge in [-0.05, 0) is 35.2 Å². The van der Waals surface area contributed by atoms with E-state index in [2.05, 4.69) is 126 Å². The normalized spacial score (nSPS) is 13.9. The Bertz CT molecular complexity index is 887. The van der Waals surface area contributed by atoms with Gasteiger partial charge in [-0.2, -0.15) is 0 Å². The Labute approximate surface area is 197 Å². The number of hydrogen-bond acceptors (Lipinski definition) is 2. The summed E-state index contributed by atoms with van der Waals surface area (Å²) in [5.41, 5.74) is 4.45. The fourth-order valence-electron chi connectivity index (χ4n) is 3.90. The molecule has 0 amide bonds. The van der Waals surface area contributed by atoms with Crippen molar-refractivity contribution in [3.05, 3.63) is 72.3 Å². The molecular weight excluding hydrogens is 424 g/mol. The largest absolute Gasteiger partial charge is 0.403 e. The second kappa shape index (κ2) is 11.3. The van der Waals surface area contributed by atoms with Gasteiger partial charge in [0.1, 0.15) is 14.2 Å². The first-order chi connectivity index (χ1) is 15.0. The van der Waals surface area contributed by atoms with Crippen molar-refractivity contribution < 1.29 is 9.53 Å². The molecule has 0 bridgehead atoms. The predicted molar refractivity (Wildman–Crippen MR) is 144 cm³/mol. The van der Waals surface area contributed by atoms with Gasteiger partial charge < -0.3 is 9.53 Å². The Morgan fingerprint density at radius 3 is 1.91 bits per heavy atom. The zero-order valence-corrected chi connectivity index (χ0v) is 22.9. The second-order valence-electron chi connectivity index (χ2n) is 10.6. The molecule has 0 fully saturated rings. The summed E-state index contributed by atoms with van der Waals surface area (Å²) in [6.07, 6.45) is 3.10. The maximum atomic E-state index is 10.2. The molecule has 32 heavy (non-hydrogen) atoms. The lowest BCUT2D eigenvalue weighted by Crippen LogP contribution is -2.66. The predicted octanol–water partition coefficient (Wildman–Crippen LogP) is 5.53. The Hall–Kier alpha value is -1.91. The molecule has 0 radical (unpaired) electrons. The van der Waals surface area contributed by atoms with Crippen molar-refractivity contribution in [2.24, 2.45) is 0 Å². The van der Waals surface area contributed by atoms with Crippen LogP contribution in [0.3, 0.4) is 0 Å².